The number of nitriles is 1. The molecule has 7 aromatic rings. The Kier molecular flexibility index (Phi) is 15.9. The third kappa shape index (κ3) is 11.0. The van der Waals surface area contributed by atoms with Crippen LogP contribution >= 0.6 is 23.2 Å². The molecule has 4 aromatic carbocycles. The van der Waals surface area contributed by atoms with Crippen molar-refractivity contribution in [1.29, 1.82) is 5.26 Å². The summed E-state index contributed by atoms with van der Waals surface area (Å²) >= 11 is 9.97. The van der Waals surface area contributed by atoms with Gasteiger partial charge in [0.1, 0.15) is 5.82 Å². The van der Waals surface area contributed by atoms with Crippen LogP contribution in [0.1, 0.15) is 79.3 Å². The van der Waals surface area contributed by atoms with Crippen molar-refractivity contribution >= 4 is 41.9 Å². The summed E-state index contributed by atoms with van der Waals surface area (Å²) in [5, 5.41) is 42.3. The van der Waals surface area contributed by atoms with Gasteiger partial charge in [0.25, 0.3) is 0 Å². The second-order valence-electron chi connectivity index (χ2n) is 15.9. The van der Waals surface area contributed by atoms with Gasteiger partial charge in [0.15, 0.2) is 5.15 Å². The molecule has 11 nitrogen and oxygen atoms in total. The molecular formula is C47H53Cl2N9O2Sn. The van der Waals surface area contributed by atoms with E-state index in [-0.39, 0.29) is 13.2 Å². The van der Waals surface area contributed by atoms with Crippen LogP contribution in [-0.2, 0) is 39.1 Å². The minimum absolute atomic E-state index is 0.128. The quantitative estimate of drug-likeness (QED) is 0.0912. The summed E-state index contributed by atoms with van der Waals surface area (Å²) in [6, 6.07) is 34.7. The molecule has 0 aliphatic carbocycles. The fourth-order valence-corrected chi connectivity index (χ4v) is 10.9. The number of aryl methyl sites for hydroxylation is 2. The fourth-order valence-electron chi connectivity index (χ4n) is 7.25. The van der Waals surface area contributed by atoms with E-state index in [9.17, 15) is 15.5 Å². The predicted molar refractivity (Wildman–Crippen MR) is 246 cm³/mol. The minimum Gasteiger partial charge on any atom is -0.390 e. The molecule has 316 valence electrons. The number of benzene rings is 4. The number of imidazole rings is 2. The van der Waals surface area contributed by atoms with Crippen LogP contribution in [-0.4, -0.2) is 66.4 Å². The average molecular weight is 966 g/mol. The Hall–Kier alpha value is -4.84. The first-order chi connectivity index (χ1) is 29.5. The first kappa shape index (κ1) is 45.7. The van der Waals surface area contributed by atoms with E-state index in [1.165, 1.54) is 0 Å². The van der Waals surface area contributed by atoms with E-state index >= 15 is 0 Å². The Balaban J connectivity index is 0.000000210. The number of unbranched alkanes of at least 4 members (excludes halogenated alkanes) is 2. The van der Waals surface area contributed by atoms with E-state index < -0.39 is 18.7 Å². The van der Waals surface area contributed by atoms with Gasteiger partial charge in [-0.25, -0.2) is 4.98 Å². The van der Waals surface area contributed by atoms with Crippen LogP contribution in [0, 0.1) is 11.3 Å². The Morgan fingerprint density at radius 1 is 0.639 bits per heavy atom. The average Bonchev–Trinajstić information content (AvgIpc) is 3.97. The normalized spacial score (nSPS) is 11.3. The molecule has 0 fully saturated rings. The number of halogens is 2. The second kappa shape index (κ2) is 21.3. The van der Waals surface area contributed by atoms with Crippen LogP contribution in [0.25, 0.3) is 33.6 Å². The van der Waals surface area contributed by atoms with Gasteiger partial charge < -0.3 is 14.8 Å². The van der Waals surface area contributed by atoms with Gasteiger partial charge in [-0.2, -0.15) is 5.26 Å². The van der Waals surface area contributed by atoms with Crippen molar-refractivity contribution in [3.05, 3.63) is 147 Å². The fraction of sp³-hybridized carbons (Fsp3) is 0.319. The van der Waals surface area contributed by atoms with Crippen molar-refractivity contribution in [1.82, 2.24) is 37.5 Å². The van der Waals surface area contributed by atoms with Gasteiger partial charge in [-0.1, -0.05) is 92.4 Å². The standard InChI is InChI=1S/C22H22ClN6O.C22H22ClN3O.3CH3.Sn/c1-2-3-8-20-24-21(23)19(14-30)29(20)13-15-9-11-16(12-10-15)17-6-4-5-7-18(17)22-25-27-28-26-22;1-2-3-8-21-25-22(23)20(15-27)26(21)14-16-9-11-17(12-10-16)19-7-5-4-6-18(19)13-24;;;;/h4-7,9-12,30H,2-3,8,13-14H2,1H3;4-7,9-12,27H,2-3,8,14-15H2,1H3;3*1H3;/q-1;;;;;+1. The van der Waals surface area contributed by atoms with Crippen molar-refractivity contribution in [3.8, 4) is 39.7 Å². The number of hydrogen-bond acceptors (Lipinski definition) is 8. The molecule has 7 rings (SSSR count). The number of nitrogens with zero attached hydrogens (tertiary/aromatic N) is 9. The molecule has 0 atom stereocenters. The number of aromatic nitrogens is 8. The number of aliphatic hydroxyl groups is 2. The van der Waals surface area contributed by atoms with E-state index in [4.69, 9.17) is 23.2 Å². The molecule has 0 amide bonds. The summed E-state index contributed by atoms with van der Waals surface area (Å²) in [4.78, 5) is 15.8. The van der Waals surface area contributed by atoms with E-state index in [1.54, 1.807) is 0 Å². The zero-order valence-corrected chi connectivity index (χ0v) is 39.8. The molecule has 0 aliphatic rings. The van der Waals surface area contributed by atoms with Crippen LogP contribution in [0.3, 0.4) is 0 Å². The van der Waals surface area contributed by atoms with Crippen LogP contribution in [0.5, 0.6) is 0 Å². The molecule has 0 saturated heterocycles. The molecule has 0 unspecified atom stereocenters. The van der Waals surface area contributed by atoms with Crippen LogP contribution in [0.15, 0.2) is 97.1 Å². The van der Waals surface area contributed by atoms with Crippen LogP contribution < -0.4 is 0 Å². The summed E-state index contributed by atoms with van der Waals surface area (Å²) in [5.41, 5.74) is 9.39. The van der Waals surface area contributed by atoms with Gasteiger partial charge in [0.2, 0.25) is 0 Å². The second-order valence-corrected chi connectivity index (χ2v) is 30.2. The SMILES string of the molecule is CCCCc1nc(Cl)c(CO)n1Cc1ccc(-c2ccccc2-c2nnn[n]2[Sn]([CH3])([CH3])[CH3])cc1.CCCCc1nc(Cl)c(CO)n1Cc1ccc(-c2ccccc2C#N)cc1. The molecule has 2 N–H and O–H groups in total. The van der Waals surface area contributed by atoms with Crippen molar-refractivity contribution in [2.75, 3.05) is 0 Å². The maximum Gasteiger partial charge on any atom is 0.152 e. The minimum atomic E-state index is -2.55. The molecule has 0 aliphatic heterocycles. The van der Waals surface area contributed by atoms with Crippen molar-refractivity contribution in [2.45, 2.75) is 93.5 Å². The zero-order valence-electron chi connectivity index (χ0n) is 35.5. The van der Waals surface area contributed by atoms with Crippen molar-refractivity contribution in [3.63, 3.8) is 0 Å². The Morgan fingerprint density at radius 2 is 1.10 bits per heavy atom. The van der Waals surface area contributed by atoms with E-state index in [0.717, 1.165) is 94.9 Å². The number of rotatable bonds is 16. The first-order valence-electron chi connectivity index (χ1n) is 20.8. The van der Waals surface area contributed by atoms with Gasteiger partial charge in [-0.05, 0) is 35.6 Å². The Bertz CT molecular complexity index is 2570. The molecule has 3 heterocycles. The predicted octanol–water partition coefficient (Wildman–Crippen LogP) is 10.4. The molecule has 61 heavy (non-hydrogen) atoms. The molecule has 0 saturated carbocycles. The molecule has 14 heteroatoms. The molecule has 3 aromatic heterocycles. The van der Waals surface area contributed by atoms with Crippen LogP contribution in [0.2, 0.25) is 25.1 Å². The van der Waals surface area contributed by atoms with Crippen molar-refractivity contribution in [2.24, 2.45) is 0 Å². The number of tetrazole rings is 1. The van der Waals surface area contributed by atoms with Gasteiger partial charge in [0.05, 0.1) is 23.9 Å². The van der Waals surface area contributed by atoms with E-state index in [2.05, 4.69) is 99.5 Å². The summed E-state index contributed by atoms with van der Waals surface area (Å²) in [7, 11) is 0. The number of aliphatic hydroxyl groups excluding tert-OH is 2. The summed E-state index contributed by atoms with van der Waals surface area (Å²) in [6.45, 7) is 5.26. The topological polar surface area (TPSA) is 143 Å². The van der Waals surface area contributed by atoms with Crippen LogP contribution in [0.4, 0.5) is 0 Å². The smallest absolute Gasteiger partial charge is 0.152 e. The Labute approximate surface area is 372 Å². The largest absolute Gasteiger partial charge is 0.390 e. The maximum atomic E-state index is 9.85. The molecule has 0 bridgehead atoms. The zero-order chi connectivity index (χ0) is 43.5. The summed E-state index contributed by atoms with van der Waals surface area (Å²) in [6.07, 6.45) is 5.90. The monoisotopic (exact) mass is 965 g/mol. The molecule has 0 radical (unpaired) electrons. The van der Waals surface area contributed by atoms with Gasteiger partial charge >= 0.3 is 174 Å². The summed E-state index contributed by atoms with van der Waals surface area (Å²) < 4.78 is 6.13. The van der Waals surface area contributed by atoms with Gasteiger partial charge in [-0.3, -0.25) is 0 Å². The Morgan fingerprint density at radius 3 is 1.56 bits per heavy atom. The summed E-state index contributed by atoms with van der Waals surface area (Å²) in [5.74, 6) is 2.67. The molecule has 0 spiro atoms. The number of hydrogen-bond donors (Lipinski definition) is 2. The molecular weight excluding hydrogens is 912 g/mol. The maximum absolute atomic E-state index is 9.85. The first-order valence-corrected chi connectivity index (χ1v) is 31.4. The van der Waals surface area contributed by atoms with E-state index in [1.807, 2.05) is 69.8 Å². The van der Waals surface area contributed by atoms with Gasteiger partial charge in [0, 0.05) is 13.0 Å². The third-order valence-corrected chi connectivity index (χ3v) is 15.6. The third-order valence-electron chi connectivity index (χ3n) is 10.5. The van der Waals surface area contributed by atoms with Gasteiger partial charge in [-0.15, -0.1) is 0 Å². The van der Waals surface area contributed by atoms with E-state index in [0.29, 0.717) is 40.3 Å². The van der Waals surface area contributed by atoms with Crippen molar-refractivity contribution < 1.29 is 10.2 Å².